The minimum Gasteiger partial charge on any atom is -0.421 e. The summed E-state index contributed by atoms with van der Waals surface area (Å²) in [6.07, 6.45) is 38.5. The van der Waals surface area contributed by atoms with E-state index < -0.39 is 31.1 Å². The van der Waals surface area contributed by atoms with Crippen LogP contribution in [0.1, 0.15) is 103 Å². The molecule has 1 aliphatic carbocycles. The van der Waals surface area contributed by atoms with Crippen molar-refractivity contribution in [2.75, 3.05) is 0 Å². The molecule has 1 atom stereocenters. The third-order valence-corrected chi connectivity index (χ3v) is 10.1. The highest BCUT2D eigenvalue weighted by molar-refractivity contribution is 8.13. The summed E-state index contributed by atoms with van der Waals surface area (Å²) in [7, 11) is -13.4. The van der Waals surface area contributed by atoms with Gasteiger partial charge in [-0.25, -0.2) is 26.0 Å². The Bertz CT molecular complexity index is 1230. The SMILES string of the molecule is C=CC1(C[n+]2ccn(CCCCCCCCCCCCCCCC)c2)C=CC=CC1.O=S(=O)([N-]S(=O)(=O)C(F)(F)F)C(F)(F)F. The average molecular weight is 692 g/mol. The number of hydrogen-bond donors (Lipinski definition) is 0. The summed E-state index contributed by atoms with van der Waals surface area (Å²) in [4.78, 5) is 0. The van der Waals surface area contributed by atoms with Crippen molar-refractivity contribution in [1.29, 1.82) is 0 Å². The van der Waals surface area contributed by atoms with Gasteiger partial charge < -0.3 is 4.13 Å². The van der Waals surface area contributed by atoms with E-state index in [4.69, 9.17) is 0 Å². The molecule has 0 saturated heterocycles. The molecular weight excluding hydrogens is 644 g/mol. The van der Waals surface area contributed by atoms with E-state index in [9.17, 15) is 43.2 Å². The molecule has 0 aromatic carbocycles. The van der Waals surface area contributed by atoms with Gasteiger partial charge in [0.2, 0.25) is 6.33 Å². The fraction of sp³-hybridized carbons (Fsp3) is 0.700. The Morgan fingerprint density at radius 3 is 1.67 bits per heavy atom. The van der Waals surface area contributed by atoms with Crippen LogP contribution in [-0.2, 0) is 33.1 Å². The first kappa shape index (κ1) is 40.9. The maximum atomic E-state index is 11.4. The summed E-state index contributed by atoms with van der Waals surface area (Å²) in [5.41, 5.74) is -12.3. The van der Waals surface area contributed by atoms with E-state index in [1.165, 1.54) is 89.9 Å². The minimum atomic E-state index is -6.72. The average Bonchev–Trinajstić information content (AvgIpc) is 3.39. The first-order valence-electron chi connectivity index (χ1n) is 15.4. The zero-order chi connectivity index (χ0) is 34.0. The Labute approximate surface area is 264 Å². The number of aromatic nitrogens is 2. The molecule has 2 rings (SSSR count). The molecule has 0 N–H and O–H groups in total. The highest BCUT2D eigenvalue weighted by atomic mass is 32.3. The van der Waals surface area contributed by atoms with Crippen LogP contribution in [0.5, 0.6) is 0 Å². The smallest absolute Gasteiger partial charge is 0.421 e. The van der Waals surface area contributed by atoms with E-state index >= 15 is 0 Å². The number of unbranched alkanes of at least 4 members (excludes halogenated alkanes) is 13. The Kier molecular flexibility index (Phi) is 17.7. The van der Waals surface area contributed by atoms with Crippen LogP contribution in [0.3, 0.4) is 0 Å². The number of allylic oxidation sites excluding steroid dienone is 5. The summed E-state index contributed by atoms with van der Waals surface area (Å²) in [6, 6.07) is 0. The molecule has 1 heterocycles. The summed E-state index contributed by atoms with van der Waals surface area (Å²) in [5.74, 6) is 0. The monoisotopic (exact) mass is 691 g/mol. The summed E-state index contributed by atoms with van der Waals surface area (Å²) < 4.78 is 114. The van der Waals surface area contributed by atoms with Crippen molar-refractivity contribution in [2.45, 2.75) is 127 Å². The van der Waals surface area contributed by atoms with E-state index in [1.807, 2.05) is 0 Å². The van der Waals surface area contributed by atoms with E-state index in [0.717, 1.165) is 23.6 Å². The van der Waals surface area contributed by atoms with E-state index in [-0.39, 0.29) is 5.41 Å². The Morgan fingerprint density at radius 1 is 0.800 bits per heavy atom. The van der Waals surface area contributed by atoms with Gasteiger partial charge in [0.25, 0.3) is 0 Å². The van der Waals surface area contributed by atoms with Gasteiger partial charge in [-0.1, -0.05) is 114 Å². The lowest BCUT2D eigenvalue weighted by molar-refractivity contribution is -0.705. The van der Waals surface area contributed by atoms with Gasteiger partial charge in [0.05, 0.1) is 6.54 Å². The second-order valence-electron chi connectivity index (χ2n) is 11.3. The van der Waals surface area contributed by atoms with Gasteiger partial charge in [0.1, 0.15) is 18.9 Å². The van der Waals surface area contributed by atoms with Crippen LogP contribution in [0.25, 0.3) is 4.13 Å². The van der Waals surface area contributed by atoms with Gasteiger partial charge >= 0.3 is 11.0 Å². The lowest BCUT2D eigenvalue weighted by atomic mass is 9.81. The van der Waals surface area contributed by atoms with Crippen LogP contribution in [-0.4, -0.2) is 32.4 Å². The second kappa shape index (κ2) is 19.5. The third kappa shape index (κ3) is 15.8. The van der Waals surface area contributed by atoms with E-state index in [0.29, 0.717) is 0 Å². The van der Waals surface area contributed by atoms with Crippen LogP contribution >= 0.6 is 0 Å². The van der Waals surface area contributed by atoms with Gasteiger partial charge in [-0.05, 0) is 19.3 Å². The number of aryl methyl sites for hydroxylation is 1. The number of rotatable bonds is 20. The van der Waals surface area contributed by atoms with E-state index in [1.54, 1.807) is 0 Å². The van der Waals surface area contributed by atoms with Gasteiger partial charge in [-0.15, -0.1) is 6.58 Å². The van der Waals surface area contributed by atoms with Crippen molar-refractivity contribution in [3.63, 3.8) is 0 Å². The fourth-order valence-corrected chi connectivity index (χ4v) is 6.43. The zero-order valence-electron chi connectivity index (χ0n) is 25.9. The predicted molar refractivity (Wildman–Crippen MR) is 164 cm³/mol. The molecule has 7 nitrogen and oxygen atoms in total. The van der Waals surface area contributed by atoms with Crippen molar-refractivity contribution in [1.82, 2.24) is 4.57 Å². The van der Waals surface area contributed by atoms with Crippen LogP contribution < -0.4 is 4.57 Å². The minimum absolute atomic E-state index is 0.0701. The fourth-order valence-electron chi connectivity index (χ4n) is 4.72. The van der Waals surface area contributed by atoms with E-state index in [2.05, 4.69) is 71.7 Å². The van der Waals surface area contributed by atoms with Gasteiger partial charge in [-0.3, -0.25) is 0 Å². The molecule has 0 fully saturated rings. The Morgan fingerprint density at radius 2 is 1.27 bits per heavy atom. The molecule has 0 bridgehead atoms. The molecule has 0 spiro atoms. The molecule has 0 aliphatic heterocycles. The standard InChI is InChI=1S/C28H47N2.C2F6NO4S2/c1-3-5-6-7-8-9-10-11-12-13-14-15-16-20-23-29-24-25-30(27-29)26-28(4-2)21-18-17-19-22-28;3-1(4,5)14(10,11)9-15(12,13)2(6,7)8/h4,17-19,21,24-25,27H,2-3,5-16,20,22-23,26H2,1H3;/q+1;-1. The maximum Gasteiger partial charge on any atom is 0.480 e. The normalized spacial score (nSPS) is 17.2. The molecule has 0 radical (unpaired) electrons. The Balaban J connectivity index is 0.000000570. The first-order chi connectivity index (χ1) is 21.0. The molecule has 45 heavy (non-hydrogen) atoms. The van der Waals surface area contributed by atoms with Gasteiger partial charge in [0, 0.05) is 5.41 Å². The van der Waals surface area contributed by atoms with Crippen LogP contribution in [0, 0.1) is 5.41 Å². The number of alkyl halides is 6. The molecule has 15 heteroatoms. The van der Waals surface area contributed by atoms with Gasteiger partial charge in [0.15, 0.2) is 20.0 Å². The molecule has 1 aliphatic rings. The largest absolute Gasteiger partial charge is 0.480 e. The second-order valence-corrected chi connectivity index (χ2v) is 14.7. The molecule has 1 aromatic heterocycles. The lowest BCUT2D eigenvalue weighted by Gasteiger charge is -2.25. The highest BCUT2D eigenvalue weighted by Crippen LogP contribution is 2.36. The third-order valence-electron chi connectivity index (χ3n) is 7.35. The van der Waals surface area contributed by atoms with Crippen molar-refractivity contribution in [3.05, 3.63) is 59.8 Å². The number of hydrogen-bond acceptors (Lipinski definition) is 4. The molecule has 1 unspecified atom stereocenters. The highest BCUT2D eigenvalue weighted by Gasteiger charge is 2.47. The predicted octanol–water partition coefficient (Wildman–Crippen LogP) is 9.00. The summed E-state index contributed by atoms with van der Waals surface area (Å²) in [6.45, 7) is 8.48. The number of imidazole rings is 1. The zero-order valence-corrected chi connectivity index (χ0v) is 27.5. The number of nitrogens with zero attached hydrogens (tertiary/aromatic N) is 3. The number of halogens is 6. The molecule has 0 amide bonds. The summed E-state index contributed by atoms with van der Waals surface area (Å²) in [5, 5.41) is 0. The summed E-state index contributed by atoms with van der Waals surface area (Å²) >= 11 is 0. The topological polar surface area (TPSA) is 91.2 Å². The molecule has 0 saturated carbocycles. The number of sulfonamides is 2. The first-order valence-corrected chi connectivity index (χ1v) is 18.3. The molecule has 260 valence electrons. The maximum absolute atomic E-state index is 11.4. The molecule has 1 aromatic rings. The Hall–Kier alpha value is -2.13. The van der Waals surface area contributed by atoms with Crippen LogP contribution in [0.4, 0.5) is 26.3 Å². The van der Waals surface area contributed by atoms with Crippen molar-refractivity contribution < 1.29 is 47.7 Å². The van der Waals surface area contributed by atoms with Crippen LogP contribution in [0.2, 0.25) is 0 Å². The van der Waals surface area contributed by atoms with Crippen LogP contribution in [0.15, 0.2) is 55.7 Å². The lowest BCUT2D eigenvalue weighted by Crippen LogP contribution is -2.40. The quantitative estimate of drug-likeness (QED) is 0.0591. The van der Waals surface area contributed by atoms with Crippen molar-refractivity contribution in [3.8, 4) is 0 Å². The van der Waals surface area contributed by atoms with Crippen molar-refractivity contribution >= 4 is 20.0 Å². The van der Waals surface area contributed by atoms with Gasteiger partial charge in [-0.2, -0.15) is 26.3 Å². The molecular formula is C30H47F6N3O4S2. The van der Waals surface area contributed by atoms with Crippen molar-refractivity contribution in [2.24, 2.45) is 5.41 Å².